The third-order valence-corrected chi connectivity index (χ3v) is 2.33. The second-order valence-corrected chi connectivity index (χ2v) is 3.77. The van der Waals surface area contributed by atoms with Crippen molar-refractivity contribution in [3.8, 4) is 0 Å². The monoisotopic (exact) mass is 253 g/mol. The van der Waals surface area contributed by atoms with E-state index < -0.39 is 11.9 Å². The summed E-state index contributed by atoms with van der Waals surface area (Å²) in [5.41, 5.74) is -0.965. The molecule has 1 N–H and O–H groups in total. The molecule has 1 aromatic heterocycles. The molecule has 1 unspecified atom stereocenters. The molecule has 0 aromatic carbocycles. The lowest BCUT2D eigenvalue weighted by atomic mass is 10.3. The van der Waals surface area contributed by atoms with Gasteiger partial charge in [0.05, 0.1) is 5.38 Å². The molecule has 0 aliphatic rings. The highest BCUT2D eigenvalue weighted by molar-refractivity contribution is 6.20. The molecule has 1 aromatic rings. The molecule has 90 valence electrons. The van der Waals surface area contributed by atoms with Gasteiger partial charge in [0.2, 0.25) is 5.95 Å². The Balaban J connectivity index is 2.68. The van der Waals surface area contributed by atoms with Gasteiger partial charge in [0.1, 0.15) is 5.69 Å². The molecule has 0 aliphatic heterocycles. The molecule has 1 atom stereocenters. The lowest BCUT2D eigenvalue weighted by molar-refractivity contribution is -0.141. The molecular formula is C9H11ClF3N3. The quantitative estimate of drug-likeness (QED) is 0.839. The summed E-state index contributed by atoms with van der Waals surface area (Å²) in [6.07, 6.45) is -2.68. The number of anilines is 1. The van der Waals surface area contributed by atoms with E-state index in [1.165, 1.54) is 0 Å². The zero-order chi connectivity index (χ0) is 12.2. The fraction of sp³-hybridized carbons (Fsp3) is 0.556. The summed E-state index contributed by atoms with van der Waals surface area (Å²) in [6.45, 7) is 2.21. The summed E-state index contributed by atoms with van der Waals surface area (Å²) in [7, 11) is 0. The highest BCUT2D eigenvalue weighted by Gasteiger charge is 2.32. The van der Waals surface area contributed by atoms with Crippen LogP contribution in [0.3, 0.4) is 0 Å². The summed E-state index contributed by atoms with van der Waals surface area (Å²) >= 11 is 5.80. The predicted octanol–water partition coefficient (Wildman–Crippen LogP) is 2.92. The first-order chi connectivity index (χ1) is 7.43. The normalized spacial score (nSPS) is 13.6. The first-order valence-electron chi connectivity index (χ1n) is 4.71. The van der Waals surface area contributed by atoms with E-state index in [0.29, 0.717) is 13.0 Å². The largest absolute Gasteiger partial charge is 0.433 e. The van der Waals surface area contributed by atoms with Crippen molar-refractivity contribution in [3.63, 3.8) is 0 Å². The van der Waals surface area contributed by atoms with E-state index in [1.54, 1.807) is 0 Å². The lowest BCUT2D eigenvalue weighted by Crippen LogP contribution is -2.16. The van der Waals surface area contributed by atoms with E-state index in [2.05, 4.69) is 15.3 Å². The first-order valence-corrected chi connectivity index (χ1v) is 5.15. The Bertz CT molecular complexity index is 343. The third kappa shape index (κ3) is 3.84. The van der Waals surface area contributed by atoms with Gasteiger partial charge in [-0.15, -0.1) is 11.6 Å². The molecule has 1 rings (SSSR count). The Kier molecular flexibility index (Phi) is 4.35. The summed E-state index contributed by atoms with van der Waals surface area (Å²) in [6, 6.07) is 0.823. The van der Waals surface area contributed by atoms with E-state index in [1.807, 2.05) is 6.92 Å². The van der Waals surface area contributed by atoms with Gasteiger partial charge in [-0.05, 0) is 12.5 Å². The summed E-state index contributed by atoms with van der Waals surface area (Å²) < 4.78 is 36.9. The topological polar surface area (TPSA) is 37.8 Å². The molecule has 1 heterocycles. The predicted molar refractivity (Wildman–Crippen MR) is 55.5 cm³/mol. The van der Waals surface area contributed by atoms with Gasteiger partial charge >= 0.3 is 6.18 Å². The van der Waals surface area contributed by atoms with Crippen LogP contribution in [0.4, 0.5) is 19.1 Å². The third-order valence-electron chi connectivity index (χ3n) is 1.87. The molecule has 3 nitrogen and oxygen atoms in total. The van der Waals surface area contributed by atoms with Crippen LogP contribution in [0, 0.1) is 0 Å². The van der Waals surface area contributed by atoms with Gasteiger partial charge in [-0.2, -0.15) is 13.2 Å². The minimum Gasteiger partial charge on any atom is -0.353 e. The highest BCUT2D eigenvalue weighted by Crippen LogP contribution is 2.27. The van der Waals surface area contributed by atoms with Crippen LogP contribution in [0.25, 0.3) is 0 Å². The Hall–Kier alpha value is -1.04. The molecule has 0 bridgehead atoms. The number of rotatable bonds is 4. The zero-order valence-corrected chi connectivity index (χ0v) is 9.31. The van der Waals surface area contributed by atoms with E-state index in [-0.39, 0.29) is 11.3 Å². The number of nitrogens with one attached hydrogen (secondary N) is 1. The molecule has 0 radical (unpaired) electrons. The minimum atomic E-state index is -4.45. The van der Waals surface area contributed by atoms with Crippen LogP contribution in [0.1, 0.15) is 19.0 Å². The van der Waals surface area contributed by atoms with Crippen LogP contribution >= 0.6 is 11.6 Å². The second kappa shape index (κ2) is 5.34. The summed E-state index contributed by atoms with van der Waals surface area (Å²) in [5, 5.41) is 2.50. The van der Waals surface area contributed by atoms with Crippen molar-refractivity contribution in [1.29, 1.82) is 0 Å². The Morgan fingerprint density at radius 2 is 2.19 bits per heavy atom. The van der Waals surface area contributed by atoms with Crippen LogP contribution in [0.15, 0.2) is 12.3 Å². The molecular weight excluding hydrogens is 243 g/mol. The van der Waals surface area contributed by atoms with Crippen LogP contribution in [-0.2, 0) is 6.18 Å². The zero-order valence-electron chi connectivity index (χ0n) is 8.55. The van der Waals surface area contributed by atoms with Gasteiger partial charge < -0.3 is 5.32 Å². The van der Waals surface area contributed by atoms with Crippen LogP contribution in [-0.4, -0.2) is 21.9 Å². The Morgan fingerprint density at radius 1 is 1.50 bits per heavy atom. The fourth-order valence-electron chi connectivity index (χ4n) is 0.948. The number of nitrogens with zero attached hydrogens (tertiary/aromatic N) is 2. The van der Waals surface area contributed by atoms with E-state index in [4.69, 9.17) is 11.6 Å². The van der Waals surface area contributed by atoms with Crippen molar-refractivity contribution in [2.75, 3.05) is 11.9 Å². The van der Waals surface area contributed by atoms with Gasteiger partial charge in [-0.1, -0.05) is 6.92 Å². The van der Waals surface area contributed by atoms with Crippen molar-refractivity contribution < 1.29 is 13.2 Å². The van der Waals surface area contributed by atoms with Crippen LogP contribution in [0.5, 0.6) is 0 Å². The van der Waals surface area contributed by atoms with E-state index in [0.717, 1.165) is 12.3 Å². The van der Waals surface area contributed by atoms with Crippen molar-refractivity contribution >= 4 is 17.5 Å². The average Bonchev–Trinajstić information content (AvgIpc) is 2.25. The van der Waals surface area contributed by atoms with Crippen molar-refractivity contribution in [3.05, 3.63) is 18.0 Å². The van der Waals surface area contributed by atoms with E-state index >= 15 is 0 Å². The minimum absolute atomic E-state index is 0.0612. The number of hydrogen-bond acceptors (Lipinski definition) is 3. The highest BCUT2D eigenvalue weighted by atomic mass is 35.5. The standard InChI is InChI=1S/C9H11ClF3N3/c1-2-6(10)5-15-8-14-4-3-7(16-8)9(11,12)13/h3-4,6H,2,5H2,1H3,(H,14,15,16). The van der Waals surface area contributed by atoms with Gasteiger partial charge in [0.15, 0.2) is 0 Å². The SMILES string of the molecule is CCC(Cl)CNc1nccc(C(F)(F)F)n1. The second-order valence-electron chi connectivity index (χ2n) is 3.15. The van der Waals surface area contributed by atoms with Crippen molar-refractivity contribution in [2.24, 2.45) is 0 Å². The Morgan fingerprint density at radius 3 is 2.75 bits per heavy atom. The van der Waals surface area contributed by atoms with Crippen molar-refractivity contribution in [2.45, 2.75) is 24.9 Å². The number of alkyl halides is 4. The summed E-state index contributed by atoms with van der Waals surface area (Å²) in [4.78, 5) is 7.02. The molecule has 0 saturated heterocycles. The lowest BCUT2D eigenvalue weighted by Gasteiger charge is -2.10. The number of halogens is 4. The molecule has 0 aliphatic carbocycles. The molecule has 0 saturated carbocycles. The maximum Gasteiger partial charge on any atom is 0.433 e. The first kappa shape index (κ1) is 13.0. The molecule has 0 fully saturated rings. The van der Waals surface area contributed by atoms with Crippen LogP contribution < -0.4 is 5.32 Å². The molecule has 16 heavy (non-hydrogen) atoms. The van der Waals surface area contributed by atoms with Gasteiger partial charge in [0, 0.05) is 12.7 Å². The maximum absolute atomic E-state index is 12.3. The summed E-state index contributed by atoms with van der Waals surface area (Å²) in [5.74, 6) is -0.0612. The van der Waals surface area contributed by atoms with Gasteiger partial charge in [0.25, 0.3) is 0 Å². The molecule has 7 heteroatoms. The maximum atomic E-state index is 12.3. The number of aromatic nitrogens is 2. The van der Waals surface area contributed by atoms with Crippen molar-refractivity contribution in [1.82, 2.24) is 9.97 Å². The molecule has 0 spiro atoms. The van der Waals surface area contributed by atoms with Gasteiger partial charge in [-0.25, -0.2) is 9.97 Å². The Labute approximate surface area is 96.0 Å². The number of hydrogen-bond donors (Lipinski definition) is 1. The smallest absolute Gasteiger partial charge is 0.353 e. The van der Waals surface area contributed by atoms with E-state index in [9.17, 15) is 13.2 Å². The van der Waals surface area contributed by atoms with Gasteiger partial charge in [-0.3, -0.25) is 0 Å². The van der Waals surface area contributed by atoms with Crippen LogP contribution in [0.2, 0.25) is 0 Å². The molecule has 0 amide bonds. The fourth-order valence-corrected chi connectivity index (χ4v) is 1.03. The average molecular weight is 254 g/mol.